The van der Waals surface area contributed by atoms with Crippen LogP contribution in [0.25, 0.3) is 0 Å². The highest BCUT2D eigenvalue weighted by Gasteiger charge is 2.29. The van der Waals surface area contributed by atoms with Crippen molar-refractivity contribution in [1.29, 1.82) is 0 Å². The van der Waals surface area contributed by atoms with Gasteiger partial charge in [0.2, 0.25) is 0 Å². The molecule has 1 aromatic carbocycles. The highest BCUT2D eigenvalue weighted by atomic mass is 15.2. The molecule has 0 heterocycles. The summed E-state index contributed by atoms with van der Waals surface area (Å²) in [7, 11) is 0. The Morgan fingerprint density at radius 3 is 2.58 bits per heavy atom. The Balaban J connectivity index is 2.19. The van der Waals surface area contributed by atoms with E-state index < -0.39 is 0 Å². The zero-order chi connectivity index (χ0) is 13.7. The molecular weight excluding hydrogens is 232 g/mol. The third kappa shape index (κ3) is 3.58. The molecule has 0 amide bonds. The second-order valence-corrected chi connectivity index (χ2v) is 5.64. The van der Waals surface area contributed by atoms with Gasteiger partial charge in [0.05, 0.1) is 0 Å². The predicted molar refractivity (Wildman–Crippen MR) is 82.4 cm³/mol. The van der Waals surface area contributed by atoms with Gasteiger partial charge in [-0.25, -0.2) is 0 Å². The van der Waals surface area contributed by atoms with Crippen LogP contribution in [0.4, 0.5) is 0 Å². The Hall–Kier alpha value is -0.860. The van der Waals surface area contributed by atoms with Crippen LogP contribution in [-0.4, -0.2) is 24.5 Å². The maximum atomic E-state index is 6.10. The molecule has 0 radical (unpaired) electrons. The summed E-state index contributed by atoms with van der Waals surface area (Å²) in [6.07, 6.45) is 5.22. The van der Waals surface area contributed by atoms with E-state index in [1.165, 1.54) is 31.2 Å². The van der Waals surface area contributed by atoms with Crippen LogP contribution in [0, 0.1) is 0 Å². The fraction of sp³-hybridized carbons (Fsp3) is 0.647. The van der Waals surface area contributed by atoms with Gasteiger partial charge in [0.15, 0.2) is 0 Å². The lowest BCUT2D eigenvalue weighted by Crippen LogP contribution is -2.35. The molecule has 106 valence electrons. The van der Waals surface area contributed by atoms with Gasteiger partial charge in [0.25, 0.3) is 0 Å². The molecule has 0 bridgehead atoms. The molecule has 0 aromatic heterocycles. The number of hydrogen-bond acceptors (Lipinski definition) is 2. The summed E-state index contributed by atoms with van der Waals surface area (Å²) < 4.78 is 0. The van der Waals surface area contributed by atoms with Crippen molar-refractivity contribution >= 4 is 0 Å². The second kappa shape index (κ2) is 7.06. The molecule has 1 fully saturated rings. The Labute approximate surface area is 118 Å². The van der Waals surface area contributed by atoms with Crippen LogP contribution in [0.1, 0.15) is 62.6 Å². The topological polar surface area (TPSA) is 29.3 Å². The molecule has 2 nitrogen and oxygen atoms in total. The van der Waals surface area contributed by atoms with E-state index in [-0.39, 0.29) is 0 Å². The van der Waals surface area contributed by atoms with Crippen molar-refractivity contribution in [3.8, 4) is 0 Å². The van der Waals surface area contributed by atoms with Crippen LogP contribution in [-0.2, 0) is 0 Å². The number of rotatable bonds is 8. The molecule has 19 heavy (non-hydrogen) atoms. The molecule has 1 unspecified atom stereocenters. The molecule has 1 aromatic rings. The van der Waals surface area contributed by atoms with E-state index in [1.54, 1.807) is 5.56 Å². The molecule has 0 spiro atoms. The number of hydrogen-bond donors (Lipinski definition) is 1. The van der Waals surface area contributed by atoms with E-state index in [9.17, 15) is 0 Å². The lowest BCUT2D eigenvalue weighted by Gasteiger charge is -2.31. The van der Waals surface area contributed by atoms with Gasteiger partial charge in [-0.3, -0.25) is 4.90 Å². The van der Waals surface area contributed by atoms with Crippen LogP contribution in [0.5, 0.6) is 0 Å². The van der Waals surface area contributed by atoms with Crippen molar-refractivity contribution in [3.05, 3.63) is 35.4 Å². The van der Waals surface area contributed by atoms with E-state index in [4.69, 9.17) is 5.73 Å². The van der Waals surface area contributed by atoms with Crippen LogP contribution in [0.3, 0.4) is 0 Å². The second-order valence-electron chi connectivity index (χ2n) is 5.64. The third-order valence-electron chi connectivity index (χ3n) is 4.24. The smallest absolute Gasteiger partial charge is 0.0473 e. The van der Waals surface area contributed by atoms with Crippen molar-refractivity contribution in [2.75, 3.05) is 19.6 Å². The first kappa shape index (κ1) is 14.5. The first-order valence-corrected chi connectivity index (χ1v) is 7.84. The van der Waals surface area contributed by atoms with Crippen molar-refractivity contribution in [2.45, 2.75) is 51.5 Å². The third-order valence-corrected chi connectivity index (χ3v) is 4.24. The Bertz CT molecular complexity index is 385. The van der Waals surface area contributed by atoms with Crippen molar-refractivity contribution < 1.29 is 0 Å². The SMILES string of the molecule is CCCCN(CC)C(CN)c1ccccc1C1CC1. The molecule has 2 heteroatoms. The average Bonchev–Trinajstić information content (AvgIpc) is 3.28. The lowest BCUT2D eigenvalue weighted by atomic mass is 9.95. The molecule has 0 saturated heterocycles. The molecule has 2 rings (SSSR count). The first-order chi connectivity index (χ1) is 9.31. The summed E-state index contributed by atoms with van der Waals surface area (Å²) in [6, 6.07) is 9.33. The summed E-state index contributed by atoms with van der Waals surface area (Å²) in [5, 5.41) is 0. The molecule has 2 N–H and O–H groups in total. The number of likely N-dealkylation sites (N-methyl/N-ethyl adjacent to an activating group) is 1. The van der Waals surface area contributed by atoms with E-state index in [1.807, 2.05) is 0 Å². The highest BCUT2D eigenvalue weighted by molar-refractivity contribution is 5.35. The van der Waals surface area contributed by atoms with Gasteiger partial charge >= 0.3 is 0 Å². The standard InChI is InChI=1S/C17H28N2/c1-3-5-12-19(4-2)17(13-18)16-9-7-6-8-15(16)14-10-11-14/h6-9,14,17H,3-5,10-13,18H2,1-2H3. The van der Waals surface area contributed by atoms with E-state index in [0.717, 1.165) is 25.6 Å². The Morgan fingerprint density at radius 1 is 1.26 bits per heavy atom. The number of benzene rings is 1. The van der Waals surface area contributed by atoms with Gasteiger partial charge in [-0.2, -0.15) is 0 Å². The highest BCUT2D eigenvalue weighted by Crippen LogP contribution is 2.43. The van der Waals surface area contributed by atoms with Crippen LogP contribution >= 0.6 is 0 Å². The fourth-order valence-corrected chi connectivity index (χ4v) is 2.95. The molecule has 0 aliphatic heterocycles. The fourth-order valence-electron chi connectivity index (χ4n) is 2.95. The monoisotopic (exact) mass is 260 g/mol. The van der Waals surface area contributed by atoms with Crippen molar-refractivity contribution in [3.63, 3.8) is 0 Å². The maximum absolute atomic E-state index is 6.10. The molecular formula is C17H28N2. The van der Waals surface area contributed by atoms with E-state index in [2.05, 4.69) is 43.0 Å². The summed E-state index contributed by atoms with van der Waals surface area (Å²) in [5.74, 6) is 0.801. The molecule has 1 aliphatic carbocycles. The average molecular weight is 260 g/mol. The predicted octanol–water partition coefficient (Wildman–Crippen LogP) is 3.69. The number of nitrogens with two attached hydrogens (primary N) is 1. The summed E-state index contributed by atoms with van der Waals surface area (Å²) >= 11 is 0. The van der Waals surface area contributed by atoms with E-state index in [0.29, 0.717) is 6.04 Å². The minimum absolute atomic E-state index is 0.397. The zero-order valence-corrected chi connectivity index (χ0v) is 12.4. The van der Waals surface area contributed by atoms with Crippen molar-refractivity contribution in [2.24, 2.45) is 5.73 Å². The van der Waals surface area contributed by atoms with Crippen LogP contribution < -0.4 is 5.73 Å². The Kier molecular flexibility index (Phi) is 5.41. The largest absolute Gasteiger partial charge is 0.329 e. The number of nitrogens with zero attached hydrogens (tertiary/aromatic N) is 1. The molecule has 1 aliphatic rings. The zero-order valence-electron chi connectivity index (χ0n) is 12.4. The minimum atomic E-state index is 0.397. The Morgan fingerprint density at radius 2 is 2.00 bits per heavy atom. The normalized spacial score (nSPS) is 16.8. The minimum Gasteiger partial charge on any atom is -0.329 e. The molecule has 1 saturated carbocycles. The van der Waals surface area contributed by atoms with Gasteiger partial charge in [-0.1, -0.05) is 44.5 Å². The van der Waals surface area contributed by atoms with Gasteiger partial charge in [-0.05, 0) is 49.4 Å². The van der Waals surface area contributed by atoms with Crippen LogP contribution in [0.2, 0.25) is 0 Å². The van der Waals surface area contributed by atoms with Gasteiger partial charge in [0.1, 0.15) is 0 Å². The maximum Gasteiger partial charge on any atom is 0.0473 e. The molecule has 1 atom stereocenters. The number of unbranched alkanes of at least 4 members (excludes halogenated alkanes) is 1. The summed E-state index contributed by atoms with van der Waals surface area (Å²) in [6.45, 7) is 7.47. The van der Waals surface area contributed by atoms with E-state index >= 15 is 0 Å². The van der Waals surface area contributed by atoms with Crippen molar-refractivity contribution in [1.82, 2.24) is 4.90 Å². The van der Waals surface area contributed by atoms with Gasteiger partial charge < -0.3 is 5.73 Å². The summed E-state index contributed by atoms with van der Waals surface area (Å²) in [5.41, 5.74) is 9.13. The quantitative estimate of drug-likeness (QED) is 0.772. The van der Waals surface area contributed by atoms with Gasteiger partial charge in [0, 0.05) is 12.6 Å². The first-order valence-electron chi connectivity index (χ1n) is 7.84. The van der Waals surface area contributed by atoms with Gasteiger partial charge in [-0.15, -0.1) is 0 Å². The van der Waals surface area contributed by atoms with Crippen LogP contribution in [0.15, 0.2) is 24.3 Å². The lowest BCUT2D eigenvalue weighted by molar-refractivity contribution is 0.208. The summed E-state index contributed by atoms with van der Waals surface area (Å²) in [4.78, 5) is 2.55.